The van der Waals surface area contributed by atoms with Crippen molar-refractivity contribution < 1.29 is 9.90 Å². The van der Waals surface area contributed by atoms with E-state index in [1.54, 1.807) is 0 Å². The molecule has 4 nitrogen and oxygen atoms in total. The quantitative estimate of drug-likeness (QED) is 0.717. The summed E-state index contributed by atoms with van der Waals surface area (Å²) in [5.41, 5.74) is 1.26. The van der Waals surface area contributed by atoms with Crippen LogP contribution in [0.2, 0.25) is 5.02 Å². The zero-order chi connectivity index (χ0) is 17.1. The lowest BCUT2D eigenvalue weighted by Crippen LogP contribution is -2.54. The van der Waals surface area contributed by atoms with Gasteiger partial charge in [-0.3, -0.25) is 9.69 Å². The van der Waals surface area contributed by atoms with Gasteiger partial charge >= 0.3 is 5.97 Å². The van der Waals surface area contributed by atoms with Gasteiger partial charge < -0.3 is 10.4 Å². The van der Waals surface area contributed by atoms with Gasteiger partial charge in [-0.25, -0.2) is 0 Å². The molecule has 2 saturated carbocycles. The van der Waals surface area contributed by atoms with Gasteiger partial charge in [0.2, 0.25) is 0 Å². The molecule has 1 unspecified atom stereocenters. The lowest BCUT2D eigenvalue weighted by molar-refractivity contribution is -0.139. The number of benzene rings is 1. The third-order valence-corrected chi connectivity index (χ3v) is 5.52. The molecular weight excluding hydrogens is 324 g/mol. The summed E-state index contributed by atoms with van der Waals surface area (Å²) in [7, 11) is 0. The number of nitrogens with one attached hydrogen (secondary N) is 1. The first kappa shape index (κ1) is 17.7. The van der Waals surface area contributed by atoms with Gasteiger partial charge in [0, 0.05) is 30.2 Å². The molecule has 0 heterocycles. The van der Waals surface area contributed by atoms with E-state index in [2.05, 4.69) is 23.2 Å². The fraction of sp³-hybridized carbons (Fsp3) is 0.632. The summed E-state index contributed by atoms with van der Waals surface area (Å²) < 4.78 is 0. The number of hydrogen-bond acceptors (Lipinski definition) is 3. The Bertz CT molecular complexity index is 570. The van der Waals surface area contributed by atoms with Crippen molar-refractivity contribution in [2.24, 2.45) is 5.92 Å². The van der Waals surface area contributed by atoms with Crippen molar-refractivity contribution in [3.63, 3.8) is 0 Å². The van der Waals surface area contributed by atoms with Crippen molar-refractivity contribution in [2.75, 3.05) is 19.6 Å². The normalized spacial score (nSPS) is 24.6. The molecule has 2 aliphatic carbocycles. The van der Waals surface area contributed by atoms with E-state index in [1.807, 2.05) is 18.2 Å². The molecule has 2 fully saturated rings. The SMILES string of the molecule is CC(CNC1CC(N(CC(=O)O)CC2CC2)C1)c1cccc(Cl)c1. The number of hydrogen-bond donors (Lipinski definition) is 2. The highest BCUT2D eigenvalue weighted by Crippen LogP contribution is 2.34. The van der Waals surface area contributed by atoms with Gasteiger partial charge in [-0.2, -0.15) is 0 Å². The molecule has 2 aliphatic rings. The first-order chi connectivity index (χ1) is 11.5. The fourth-order valence-electron chi connectivity index (χ4n) is 3.48. The van der Waals surface area contributed by atoms with Crippen LogP contribution in [0.4, 0.5) is 0 Å². The Morgan fingerprint density at radius 1 is 1.42 bits per heavy atom. The largest absolute Gasteiger partial charge is 0.480 e. The van der Waals surface area contributed by atoms with Crippen molar-refractivity contribution in [3.05, 3.63) is 34.9 Å². The van der Waals surface area contributed by atoms with Crippen LogP contribution < -0.4 is 5.32 Å². The topological polar surface area (TPSA) is 52.6 Å². The lowest BCUT2D eigenvalue weighted by Gasteiger charge is -2.43. The van der Waals surface area contributed by atoms with E-state index in [4.69, 9.17) is 16.7 Å². The van der Waals surface area contributed by atoms with Crippen LogP contribution >= 0.6 is 11.6 Å². The highest BCUT2D eigenvalue weighted by molar-refractivity contribution is 6.30. The van der Waals surface area contributed by atoms with Crippen molar-refractivity contribution in [2.45, 2.75) is 50.6 Å². The Morgan fingerprint density at radius 3 is 2.79 bits per heavy atom. The number of nitrogens with zero attached hydrogens (tertiary/aromatic N) is 1. The van der Waals surface area contributed by atoms with Gasteiger partial charge in [0.1, 0.15) is 0 Å². The molecule has 0 spiro atoms. The Morgan fingerprint density at radius 2 is 2.17 bits per heavy atom. The van der Waals surface area contributed by atoms with Gasteiger partial charge in [0.05, 0.1) is 6.54 Å². The van der Waals surface area contributed by atoms with Crippen LogP contribution in [0.5, 0.6) is 0 Å². The van der Waals surface area contributed by atoms with E-state index in [0.29, 0.717) is 18.0 Å². The van der Waals surface area contributed by atoms with Crippen LogP contribution in [0.3, 0.4) is 0 Å². The Hall–Kier alpha value is -1.10. The zero-order valence-corrected chi connectivity index (χ0v) is 15.0. The fourth-order valence-corrected chi connectivity index (χ4v) is 3.67. The predicted octanol–water partition coefficient (Wildman–Crippen LogP) is 3.36. The molecule has 5 heteroatoms. The molecular formula is C19H27ClN2O2. The van der Waals surface area contributed by atoms with Gasteiger partial charge in [-0.15, -0.1) is 0 Å². The summed E-state index contributed by atoms with van der Waals surface area (Å²) >= 11 is 6.06. The Kier molecular flexibility index (Phi) is 5.80. The molecule has 1 atom stereocenters. The van der Waals surface area contributed by atoms with Crippen LogP contribution in [0, 0.1) is 5.92 Å². The van der Waals surface area contributed by atoms with E-state index in [-0.39, 0.29) is 6.54 Å². The monoisotopic (exact) mass is 350 g/mol. The second-order valence-electron chi connectivity index (χ2n) is 7.45. The molecule has 0 radical (unpaired) electrons. The standard InChI is InChI=1S/C19H27ClN2O2/c1-13(15-3-2-4-16(20)7-15)10-21-17-8-18(9-17)22(12-19(23)24)11-14-5-6-14/h2-4,7,13-14,17-18,21H,5-6,8-12H2,1H3,(H,23,24). The average molecular weight is 351 g/mol. The molecule has 132 valence electrons. The second-order valence-corrected chi connectivity index (χ2v) is 7.89. The van der Waals surface area contributed by atoms with E-state index in [9.17, 15) is 4.79 Å². The maximum atomic E-state index is 11.1. The molecule has 1 aromatic rings. The molecule has 2 N–H and O–H groups in total. The van der Waals surface area contributed by atoms with E-state index in [1.165, 1.54) is 18.4 Å². The first-order valence-electron chi connectivity index (χ1n) is 8.96. The van der Waals surface area contributed by atoms with Crippen LogP contribution in [0.1, 0.15) is 44.1 Å². The maximum Gasteiger partial charge on any atom is 0.317 e. The smallest absolute Gasteiger partial charge is 0.317 e. The highest BCUT2D eigenvalue weighted by Gasteiger charge is 2.36. The van der Waals surface area contributed by atoms with Gasteiger partial charge in [0.15, 0.2) is 0 Å². The number of carbonyl (C=O) groups is 1. The van der Waals surface area contributed by atoms with Gasteiger partial charge in [0.25, 0.3) is 0 Å². The second kappa shape index (κ2) is 7.85. The van der Waals surface area contributed by atoms with Gasteiger partial charge in [-0.1, -0.05) is 30.7 Å². The highest BCUT2D eigenvalue weighted by atomic mass is 35.5. The van der Waals surface area contributed by atoms with E-state index >= 15 is 0 Å². The summed E-state index contributed by atoms with van der Waals surface area (Å²) in [5.74, 6) is 0.449. The summed E-state index contributed by atoms with van der Waals surface area (Å²) in [6.45, 7) is 4.29. The third kappa shape index (κ3) is 4.95. The minimum absolute atomic E-state index is 0.187. The molecule has 0 amide bonds. The van der Waals surface area contributed by atoms with Crippen LogP contribution in [-0.4, -0.2) is 47.7 Å². The molecule has 0 aromatic heterocycles. The predicted molar refractivity (Wildman–Crippen MR) is 96.6 cm³/mol. The average Bonchev–Trinajstić information content (AvgIpc) is 3.28. The lowest BCUT2D eigenvalue weighted by atomic mass is 9.84. The van der Waals surface area contributed by atoms with E-state index < -0.39 is 5.97 Å². The van der Waals surface area contributed by atoms with Crippen LogP contribution in [0.15, 0.2) is 24.3 Å². The number of rotatable bonds is 9. The molecule has 1 aromatic carbocycles. The molecule has 0 bridgehead atoms. The molecule has 24 heavy (non-hydrogen) atoms. The van der Waals surface area contributed by atoms with Crippen molar-refractivity contribution in [1.29, 1.82) is 0 Å². The summed E-state index contributed by atoms with van der Waals surface area (Å²) in [4.78, 5) is 13.2. The minimum Gasteiger partial charge on any atom is -0.480 e. The van der Waals surface area contributed by atoms with Crippen molar-refractivity contribution >= 4 is 17.6 Å². The first-order valence-corrected chi connectivity index (χ1v) is 9.33. The molecule has 0 aliphatic heterocycles. The van der Waals surface area contributed by atoms with Crippen LogP contribution in [-0.2, 0) is 4.79 Å². The van der Waals surface area contributed by atoms with E-state index in [0.717, 1.165) is 36.9 Å². The Labute approximate surface area is 149 Å². The number of halogens is 1. The van der Waals surface area contributed by atoms with Crippen molar-refractivity contribution in [1.82, 2.24) is 10.2 Å². The summed E-state index contributed by atoms with van der Waals surface area (Å²) in [5, 5.41) is 13.5. The summed E-state index contributed by atoms with van der Waals surface area (Å²) in [6.07, 6.45) is 4.65. The van der Waals surface area contributed by atoms with Crippen molar-refractivity contribution in [3.8, 4) is 0 Å². The maximum absolute atomic E-state index is 11.1. The Balaban J connectivity index is 1.41. The van der Waals surface area contributed by atoms with Gasteiger partial charge in [-0.05, 0) is 55.2 Å². The zero-order valence-electron chi connectivity index (χ0n) is 14.2. The molecule has 0 saturated heterocycles. The number of aliphatic carboxylic acids is 1. The number of carboxylic acid groups (broad SMARTS) is 1. The third-order valence-electron chi connectivity index (χ3n) is 5.29. The van der Waals surface area contributed by atoms with Crippen LogP contribution in [0.25, 0.3) is 0 Å². The minimum atomic E-state index is -0.707. The number of carboxylic acids is 1. The summed E-state index contributed by atoms with van der Waals surface area (Å²) in [6, 6.07) is 8.98. The molecule has 3 rings (SSSR count).